The molecule has 1 heterocycles. The first-order chi connectivity index (χ1) is 9.70. The van der Waals surface area contributed by atoms with Crippen LogP contribution in [0, 0.1) is 5.92 Å². The van der Waals surface area contributed by atoms with E-state index >= 15 is 0 Å². The van der Waals surface area contributed by atoms with E-state index in [0.29, 0.717) is 12.0 Å². The lowest BCUT2D eigenvalue weighted by Crippen LogP contribution is -2.47. The molecule has 2 rings (SSSR count). The second kappa shape index (κ2) is 8.13. The molecule has 0 bridgehead atoms. The normalized spacial score (nSPS) is 23.2. The molecule has 4 heteroatoms. The van der Waals surface area contributed by atoms with Crippen LogP contribution in [0.15, 0.2) is 28.7 Å². The number of benzene rings is 1. The van der Waals surface area contributed by atoms with Crippen LogP contribution in [0.5, 0.6) is 0 Å². The van der Waals surface area contributed by atoms with Gasteiger partial charge in [-0.25, -0.2) is 0 Å². The molecule has 3 nitrogen and oxygen atoms in total. The van der Waals surface area contributed by atoms with Crippen LogP contribution in [-0.4, -0.2) is 44.3 Å². The zero-order valence-corrected chi connectivity index (χ0v) is 14.0. The lowest BCUT2D eigenvalue weighted by atomic mass is 9.95. The van der Waals surface area contributed by atoms with E-state index < -0.39 is 0 Å². The van der Waals surface area contributed by atoms with Gasteiger partial charge in [0.2, 0.25) is 0 Å². The van der Waals surface area contributed by atoms with Crippen LogP contribution < -0.4 is 5.32 Å². The second-order valence-electron chi connectivity index (χ2n) is 5.58. The highest BCUT2D eigenvalue weighted by atomic mass is 79.9. The van der Waals surface area contributed by atoms with E-state index in [4.69, 9.17) is 4.74 Å². The van der Waals surface area contributed by atoms with Gasteiger partial charge in [0.1, 0.15) is 0 Å². The smallest absolute Gasteiger partial charge is 0.0521 e. The van der Waals surface area contributed by atoms with Crippen molar-refractivity contribution in [3.63, 3.8) is 0 Å². The summed E-state index contributed by atoms with van der Waals surface area (Å²) in [6, 6.07) is 9.03. The van der Waals surface area contributed by atoms with Crippen molar-refractivity contribution in [2.45, 2.75) is 25.9 Å². The Morgan fingerprint density at radius 2 is 2.20 bits per heavy atom. The Labute approximate surface area is 130 Å². The van der Waals surface area contributed by atoms with Crippen LogP contribution in [0.25, 0.3) is 0 Å². The summed E-state index contributed by atoms with van der Waals surface area (Å²) in [5, 5.41) is 3.60. The molecule has 0 aliphatic carbocycles. The van der Waals surface area contributed by atoms with Gasteiger partial charge in [0.05, 0.1) is 6.61 Å². The molecular weight excluding hydrogens is 316 g/mol. The van der Waals surface area contributed by atoms with Crippen molar-refractivity contribution in [2.24, 2.45) is 5.92 Å². The maximum Gasteiger partial charge on any atom is 0.0521 e. The fourth-order valence-corrected chi connectivity index (χ4v) is 3.30. The number of hydrogen-bond acceptors (Lipinski definition) is 3. The van der Waals surface area contributed by atoms with Gasteiger partial charge < -0.3 is 15.0 Å². The molecule has 2 atom stereocenters. The van der Waals surface area contributed by atoms with E-state index in [1.807, 2.05) is 0 Å². The summed E-state index contributed by atoms with van der Waals surface area (Å²) in [6.45, 7) is 7.02. The third kappa shape index (κ3) is 4.55. The van der Waals surface area contributed by atoms with Crippen molar-refractivity contribution in [3.05, 3.63) is 34.3 Å². The zero-order chi connectivity index (χ0) is 14.4. The summed E-state index contributed by atoms with van der Waals surface area (Å²) in [5.74, 6) is 0.580. The molecule has 1 fully saturated rings. The summed E-state index contributed by atoms with van der Waals surface area (Å²) >= 11 is 3.62. The minimum Gasteiger partial charge on any atom is -0.381 e. The van der Waals surface area contributed by atoms with Gasteiger partial charge in [-0.1, -0.05) is 41.1 Å². The van der Waals surface area contributed by atoms with Gasteiger partial charge in [-0.15, -0.1) is 0 Å². The van der Waals surface area contributed by atoms with Crippen molar-refractivity contribution in [3.8, 4) is 0 Å². The van der Waals surface area contributed by atoms with Gasteiger partial charge >= 0.3 is 0 Å². The van der Waals surface area contributed by atoms with Crippen molar-refractivity contribution >= 4 is 15.9 Å². The first-order valence-corrected chi connectivity index (χ1v) is 8.23. The Bertz CT molecular complexity index is 411. The van der Waals surface area contributed by atoms with Crippen molar-refractivity contribution in [2.75, 3.05) is 33.4 Å². The Balaban J connectivity index is 1.89. The summed E-state index contributed by atoms with van der Waals surface area (Å²) in [4.78, 5) is 2.39. The molecule has 0 saturated carbocycles. The van der Waals surface area contributed by atoms with Gasteiger partial charge in [0, 0.05) is 36.1 Å². The highest BCUT2D eigenvalue weighted by molar-refractivity contribution is 9.10. The number of rotatable bonds is 6. The average Bonchev–Trinajstić information content (AvgIpc) is 2.44. The SMILES string of the molecule is CCNC1CCOCC1CN(C)Cc1ccccc1Br. The van der Waals surface area contributed by atoms with Gasteiger partial charge in [-0.05, 0) is 31.6 Å². The Hall–Kier alpha value is -0.420. The van der Waals surface area contributed by atoms with Crippen LogP contribution in [0.3, 0.4) is 0 Å². The fraction of sp³-hybridized carbons (Fsp3) is 0.625. The number of ether oxygens (including phenoxy) is 1. The molecule has 0 aromatic heterocycles. The van der Waals surface area contributed by atoms with E-state index in [-0.39, 0.29) is 0 Å². The molecule has 20 heavy (non-hydrogen) atoms. The quantitative estimate of drug-likeness (QED) is 0.861. The molecule has 1 N–H and O–H groups in total. The van der Waals surface area contributed by atoms with E-state index in [0.717, 1.165) is 39.3 Å². The van der Waals surface area contributed by atoms with Crippen LogP contribution in [0.2, 0.25) is 0 Å². The van der Waals surface area contributed by atoms with Crippen LogP contribution in [0.4, 0.5) is 0 Å². The maximum atomic E-state index is 5.66. The predicted molar refractivity (Wildman–Crippen MR) is 86.9 cm³/mol. The lowest BCUT2D eigenvalue weighted by molar-refractivity contribution is 0.0193. The van der Waals surface area contributed by atoms with Crippen molar-refractivity contribution in [1.29, 1.82) is 0 Å². The Morgan fingerprint density at radius 1 is 1.40 bits per heavy atom. The molecule has 1 aliphatic heterocycles. The predicted octanol–water partition coefficient (Wildman–Crippen LogP) is 2.90. The molecule has 112 valence electrons. The number of halogens is 1. The number of nitrogens with one attached hydrogen (secondary N) is 1. The third-order valence-corrected chi connectivity index (χ3v) is 4.66. The van der Waals surface area contributed by atoms with Crippen molar-refractivity contribution in [1.82, 2.24) is 10.2 Å². The highest BCUT2D eigenvalue weighted by Gasteiger charge is 2.26. The van der Waals surface area contributed by atoms with Gasteiger partial charge in [-0.3, -0.25) is 0 Å². The molecule has 1 aromatic rings. The molecule has 0 spiro atoms. The van der Waals surface area contributed by atoms with Gasteiger partial charge in [0.25, 0.3) is 0 Å². The Kier molecular flexibility index (Phi) is 6.49. The zero-order valence-electron chi connectivity index (χ0n) is 12.4. The molecule has 1 saturated heterocycles. The van der Waals surface area contributed by atoms with E-state index in [1.165, 1.54) is 10.0 Å². The average molecular weight is 341 g/mol. The molecule has 0 radical (unpaired) electrons. The summed E-state index contributed by atoms with van der Waals surface area (Å²) in [7, 11) is 2.19. The van der Waals surface area contributed by atoms with Gasteiger partial charge in [0.15, 0.2) is 0 Å². The first-order valence-electron chi connectivity index (χ1n) is 7.43. The minimum absolute atomic E-state index is 0.580. The molecule has 0 amide bonds. The van der Waals surface area contributed by atoms with E-state index in [1.54, 1.807) is 0 Å². The topological polar surface area (TPSA) is 24.5 Å². The van der Waals surface area contributed by atoms with Crippen molar-refractivity contribution < 1.29 is 4.74 Å². The molecule has 1 aromatic carbocycles. The molecule has 1 aliphatic rings. The van der Waals surface area contributed by atoms with E-state index in [9.17, 15) is 0 Å². The number of nitrogens with zero attached hydrogens (tertiary/aromatic N) is 1. The molecular formula is C16H25BrN2O. The standard InChI is InChI=1S/C16H25BrN2O/c1-3-18-16-8-9-20-12-14(16)11-19(2)10-13-6-4-5-7-15(13)17/h4-7,14,16,18H,3,8-12H2,1-2H3. The lowest BCUT2D eigenvalue weighted by Gasteiger charge is -2.34. The monoisotopic (exact) mass is 340 g/mol. The first kappa shape index (κ1) is 16.0. The van der Waals surface area contributed by atoms with Crippen LogP contribution >= 0.6 is 15.9 Å². The highest BCUT2D eigenvalue weighted by Crippen LogP contribution is 2.20. The summed E-state index contributed by atoms with van der Waals surface area (Å²) in [5.41, 5.74) is 1.34. The minimum atomic E-state index is 0.580. The molecule has 2 unspecified atom stereocenters. The number of hydrogen-bond donors (Lipinski definition) is 1. The van der Waals surface area contributed by atoms with Crippen LogP contribution in [0.1, 0.15) is 18.9 Å². The third-order valence-electron chi connectivity index (χ3n) is 3.88. The van der Waals surface area contributed by atoms with Crippen LogP contribution in [-0.2, 0) is 11.3 Å². The Morgan fingerprint density at radius 3 is 2.95 bits per heavy atom. The largest absolute Gasteiger partial charge is 0.381 e. The summed E-state index contributed by atoms with van der Waals surface area (Å²) in [6.07, 6.45) is 1.13. The maximum absolute atomic E-state index is 5.66. The van der Waals surface area contributed by atoms with Gasteiger partial charge in [-0.2, -0.15) is 0 Å². The van der Waals surface area contributed by atoms with E-state index in [2.05, 4.69) is 64.4 Å². The summed E-state index contributed by atoms with van der Waals surface area (Å²) < 4.78 is 6.85. The second-order valence-corrected chi connectivity index (χ2v) is 6.43. The fourth-order valence-electron chi connectivity index (χ4n) is 2.89.